The van der Waals surface area contributed by atoms with Gasteiger partial charge >= 0.3 is 5.97 Å². The van der Waals surface area contributed by atoms with Crippen LogP contribution >= 0.6 is 23.2 Å². The van der Waals surface area contributed by atoms with Crippen LogP contribution in [0.15, 0.2) is 18.2 Å². The van der Waals surface area contributed by atoms with Gasteiger partial charge in [0.15, 0.2) is 0 Å². The highest BCUT2D eigenvalue weighted by Gasteiger charge is 2.36. The van der Waals surface area contributed by atoms with Gasteiger partial charge in [-0.1, -0.05) is 36.2 Å². The minimum absolute atomic E-state index is 0.0701. The molecule has 1 aliphatic rings. The van der Waals surface area contributed by atoms with Crippen molar-refractivity contribution in [2.75, 3.05) is 6.54 Å². The molecule has 2 aromatic rings. The number of hydrogen-bond donors (Lipinski definition) is 1. The van der Waals surface area contributed by atoms with Crippen molar-refractivity contribution >= 4 is 35.1 Å². The SMILES string of the molecule is Cc1nc(C(=O)N2CCC(C)CC2C(=O)O)nn1-c1c(Cl)cccc1Cl. The molecule has 0 spiro atoms. The number of benzene rings is 1. The van der Waals surface area contributed by atoms with Crippen LogP contribution in [0.5, 0.6) is 0 Å². The van der Waals surface area contributed by atoms with Crippen LogP contribution in [0, 0.1) is 12.8 Å². The van der Waals surface area contributed by atoms with Crippen molar-refractivity contribution in [3.63, 3.8) is 0 Å². The van der Waals surface area contributed by atoms with Crippen LogP contribution in [0.25, 0.3) is 5.69 Å². The Kier molecular flexibility index (Phi) is 5.20. The van der Waals surface area contributed by atoms with Crippen molar-refractivity contribution in [1.29, 1.82) is 0 Å². The molecule has 2 unspecified atom stereocenters. The van der Waals surface area contributed by atoms with Gasteiger partial charge < -0.3 is 10.0 Å². The van der Waals surface area contributed by atoms with Crippen molar-refractivity contribution in [3.8, 4) is 5.69 Å². The predicted molar refractivity (Wildman–Crippen MR) is 97.0 cm³/mol. The lowest BCUT2D eigenvalue weighted by atomic mass is 9.92. The Morgan fingerprint density at radius 3 is 2.54 bits per heavy atom. The highest BCUT2D eigenvalue weighted by Crippen LogP contribution is 2.29. The number of nitrogens with zero attached hydrogens (tertiary/aromatic N) is 4. The molecule has 1 saturated heterocycles. The van der Waals surface area contributed by atoms with Gasteiger partial charge in [0.1, 0.15) is 17.6 Å². The minimum Gasteiger partial charge on any atom is -0.480 e. The fraction of sp³-hybridized carbons (Fsp3) is 0.412. The summed E-state index contributed by atoms with van der Waals surface area (Å²) < 4.78 is 1.40. The van der Waals surface area contributed by atoms with Gasteiger partial charge in [-0.15, -0.1) is 5.10 Å². The van der Waals surface area contributed by atoms with Crippen LogP contribution in [0.2, 0.25) is 10.0 Å². The second-order valence-corrected chi connectivity index (χ2v) is 7.26. The van der Waals surface area contributed by atoms with E-state index in [2.05, 4.69) is 10.1 Å². The van der Waals surface area contributed by atoms with Crippen LogP contribution < -0.4 is 0 Å². The average Bonchev–Trinajstić information content (AvgIpc) is 2.95. The van der Waals surface area contributed by atoms with Crippen LogP contribution in [0.1, 0.15) is 36.2 Å². The lowest BCUT2D eigenvalue weighted by molar-refractivity contribution is -0.144. The van der Waals surface area contributed by atoms with E-state index >= 15 is 0 Å². The Labute approximate surface area is 160 Å². The number of halogens is 2. The zero-order chi connectivity index (χ0) is 19.0. The molecule has 1 aromatic heterocycles. The molecule has 0 aliphatic carbocycles. The molecule has 1 N–H and O–H groups in total. The molecule has 0 saturated carbocycles. The second-order valence-electron chi connectivity index (χ2n) is 6.45. The van der Waals surface area contributed by atoms with E-state index in [1.54, 1.807) is 25.1 Å². The first-order valence-electron chi connectivity index (χ1n) is 8.21. The molecule has 0 radical (unpaired) electrons. The number of likely N-dealkylation sites (tertiary alicyclic amines) is 1. The van der Waals surface area contributed by atoms with E-state index in [1.807, 2.05) is 6.92 Å². The minimum atomic E-state index is -1.02. The van der Waals surface area contributed by atoms with E-state index in [0.29, 0.717) is 34.5 Å². The molecule has 3 rings (SSSR count). The number of carbonyl (C=O) groups is 2. The van der Waals surface area contributed by atoms with E-state index in [-0.39, 0.29) is 11.7 Å². The highest BCUT2D eigenvalue weighted by atomic mass is 35.5. The average molecular weight is 397 g/mol. The molecule has 26 heavy (non-hydrogen) atoms. The Morgan fingerprint density at radius 2 is 1.92 bits per heavy atom. The van der Waals surface area contributed by atoms with Crippen LogP contribution in [0.3, 0.4) is 0 Å². The lowest BCUT2D eigenvalue weighted by Gasteiger charge is -2.35. The molecule has 1 aromatic carbocycles. The number of hydrogen-bond acceptors (Lipinski definition) is 4. The Morgan fingerprint density at radius 1 is 1.27 bits per heavy atom. The normalized spacial score (nSPS) is 20.2. The summed E-state index contributed by atoms with van der Waals surface area (Å²) in [5.74, 6) is -0.918. The number of aliphatic carboxylic acids is 1. The zero-order valence-electron chi connectivity index (χ0n) is 14.3. The van der Waals surface area contributed by atoms with Crippen LogP contribution in [-0.4, -0.2) is 49.2 Å². The van der Waals surface area contributed by atoms with Crippen LogP contribution in [0.4, 0.5) is 0 Å². The summed E-state index contributed by atoms with van der Waals surface area (Å²) in [6, 6.07) is 4.16. The summed E-state index contributed by atoms with van der Waals surface area (Å²) in [6.07, 6.45) is 1.16. The molecule has 1 amide bonds. The summed E-state index contributed by atoms with van der Waals surface area (Å²) in [7, 11) is 0. The number of para-hydroxylation sites is 1. The fourth-order valence-corrected chi connectivity index (χ4v) is 3.69. The summed E-state index contributed by atoms with van der Waals surface area (Å²) >= 11 is 12.4. The number of carboxylic acid groups (broad SMARTS) is 1. The molecular formula is C17H18Cl2N4O3. The standard InChI is InChI=1S/C17H18Cl2N4O3/c1-9-6-7-22(13(8-9)17(25)26)16(24)15-20-10(2)23(21-15)14-11(18)4-3-5-12(14)19/h3-5,9,13H,6-8H2,1-2H3,(H,25,26). The monoisotopic (exact) mass is 396 g/mol. The maximum absolute atomic E-state index is 12.8. The number of amides is 1. The topological polar surface area (TPSA) is 88.3 Å². The maximum atomic E-state index is 12.8. The smallest absolute Gasteiger partial charge is 0.326 e. The van der Waals surface area contributed by atoms with E-state index in [0.717, 1.165) is 6.42 Å². The highest BCUT2D eigenvalue weighted by molar-refractivity contribution is 6.37. The van der Waals surface area contributed by atoms with Gasteiger partial charge in [0.2, 0.25) is 5.82 Å². The lowest BCUT2D eigenvalue weighted by Crippen LogP contribution is -2.50. The molecule has 9 heteroatoms. The second kappa shape index (κ2) is 7.25. The third kappa shape index (κ3) is 3.41. The molecule has 2 atom stereocenters. The molecule has 7 nitrogen and oxygen atoms in total. The van der Waals surface area contributed by atoms with E-state index in [1.165, 1.54) is 9.58 Å². The fourth-order valence-electron chi connectivity index (χ4n) is 3.13. The molecule has 2 heterocycles. The predicted octanol–water partition coefficient (Wildman–Crippen LogP) is 3.21. The largest absolute Gasteiger partial charge is 0.480 e. The first kappa shape index (κ1) is 18.7. The van der Waals surface area contributed by atoms with Crippen molar-refractivity contribution in [2.24, 2.45) is 5.92 Å². The van der Waals surface area contributed by atoms with E-state index < -0.39 is 17.9 Å². The number of rotatable bonds is 3. The first-order valence-corrected chi connectivity index (χ1v) is 8.97. The quantitative estimate of drug-likeness (QED) is 0.859. The van der Waals surface area contributed by atoms with Crippen molar-refractivity contribution in [1.82, 2.24) is 19.7 Å². The Hall–Kier alpha value is -2.12. The summed E-state index contributed by atoms with van der Waals surface area (Å²) in [5, 5.41) is 14.4. The zero-order valence-corrected chi connectivity index (χ0v) is 15.8. The van der Waals surface area contributed by atoms with Gasteiger partial charge in [0.25, 0.3) is 5.91 Å². The van der Waals surface area contributed by atoms with Gasteiger partial charge in [-0.3, -0.25) is 4.79 Å². The number of piperidine rings is 1. The van der Waals surface area contributed by atoms with E-state index in [9.17, 15) is 14.7 Å². The summed E-state index contributed by atoms with van der Waals surface area (Å²) in [5.41, 5.74) is 0.432. The van der Waals surface area contributed by atoms with Crippen molar-refractivity contribution in [2.45, 2.75) is 32.7 Å². The van der Waals surface area contributed by atoms with Gasteiger partial charge in [-0.25, -0.2) is 14.5 Å². The Bertz CT molecular complexity index is 847. The van der Waals surface area contributed by atoms with Gasteiger partial charge in [0.05, 0.1) is 10.0 Å². The third-order valence-electron chi connectivity index (χ3n) is 4.52. The molecule has 1 aliphatic heterocycles. The molecule has 1 fully saturated rings. The molecular weight excluding hydrogens is 379 g/mol. The van der Waals surface area contributed by atoms with Gasteiger partial charge in [-0.05, 0) is 37.8 Å². The number of carbonyl (C=O) groups excluding carboxylic acids is 1. The first-order chi connectivity index (χ1) is 12.3. The Balaban J connectivity index is 1.96. The maximum Gasteiger partial charge on any atom is 0.326 e. The third-order valence-corrected chi connectivity index (χ3v) is 5.13. The summed E-state index contributed by atoms with van der Waals surface area (Å²) in [6.45, 7) is 4.02. The summed E-state index contributed by atoms with van der Waals surface area (Å²) in [4.78, 5) is 29.9. The number of carboxylic acids is 1. The van der Waals surface area contributed by atoms with Gasteiger partial charge in [-0.2, -0.15) is 0 Å². The molecule has 0 bridgehead atoms. The van der Waals surface area contributed by atoms with E-state index in [4.69, 9.17) is 23.2 Å². The van der Waals surface area contributed by atoms with Crippen molar-refractivity contribution < 1.29 is 14.7 Å². The number of aromatic nitrogens is 3. The van der Waals surface area contributed by atoms with Gasteiger partial charge in [0, 0.05) is 6.54 Å². The van der Waals surface area contributed by atoms with Crippen LogP contribution in [-0.2, 0) is 4.79 Å². The molecule has 138 valence electrons. The van der Waals surface area contributed by atoms with Crippen molar-refractivity contribution in [3.05, 3.63) is 39.9 Å². The number of aryl methyl sites for hydroxylation is 1.